The van der Waals surface area contributed by atoms with E-state index in [-0.39, 0.29) is 6.04 Å². The number of nitrogens with zero attached hydrogens (tertiary/aromatic N) is 1. The van der Waals surface area contributed by atoms with E-state index in [2.05, 4.69) is 12.2 Å². The SMILES string of the molecule is CCC(CCN)Nc1ccccc1S(=O)(=O)N(C)C. The van der Waals surface area contributed by atoms with Gasteiger partial charge >= 0.3 is 0 Å². The fourth-order valence-electron chi connectivity index (χ4n) is 1.81. The summed E-state index contributed by atoms with van der Waals surface area (Å²) in [7, 11) is -0.375. The molecular weight excluding hydrogens is 262 g/mol. The third-order valence-corrected chi connectivity index (χ3v) is 4.89. The first-order valence-electron chi connectivity index (χ1n) is 6.41. The molecule has 0 aliphatic rings. The van der Waals surface area contributed by atoms with Crippen LogP contribution in [0.1, 0.15) is 19.8 Å². The summed E-state index contributed by atoms with van der Waals surface area (Å²) in [5.41, 5.74) is 6.20. The van der Waals surface area contributed by atoms with Gasteiger partial charge in [-0.25, -0.2) is 12.7 Å². The Morgan fingerprint density at radius 1 is 1.32 bits per heavy atom. The van der Waals surface area contributed by atoms with Gasteiger partial charge in [-0.15, -0.1) is 0 Å². The van der Waals surface area contributed by atoms with Crippen LogP contribution in [0.4, 0.5) is 5.69 Å². The van der Waals surface area contributed by atoms with Crippen molar-refractivity contribution in [2.24, 2.45) is 5.73 Å². The molecule has 0 aromatic heterocycles. The monoisotopic (exact) mass is 285 g/mol. The summed E-state index contributed by atoms with van der Waals surface area (Å²) < 4.78 is 25.7. The minimum atomic E-state index is -3.44. The van der Waals surface area contributed by atoms with E-state index in [9.17, 15) is 8.42 Å². The quantitative estimate of drug-likeness (QED) is 0.795. The lowest BCUT2D eigenvalue weighted by Crippen LogP contribution is -2.26. The second-order valence-electron chi connectivity index (χ2n) is 4.61. The summed E-state index contributed by atoms with van der Waals surface area (Å²) in [6.07, 6.45) is 1.71. The number of rotatable bonds is 7. The van der Waals surface area contributed by atoms with E-state index in [1.54, 1.807) is 18.2 Å². The van der Waals surface area contributed by atoms with Crippen LogP contribution in [0.3, 0.4) is 0 Å². The number of benzene rings is 1. The maximum atomic E-state index is 12.2. The summed E-state index contributed by atoms with van der Waals surface area (Å²) in [6.45, 7) is 2.63. The standard InChI is InChI=1S/C13H23N3O2S/c1-4-11(9-10-14)15-12-7-5-6-8-13(12)19(17,18)16(2)3/h5-8,11,15H,4,9-10,14H2,1-3H3. The molecule has 0 aliphatic heterocycles. The highest BCUT2D eigenvalue weighted by molar-refractivity contribution is 7.89. The molecule has 19 heavy (non-hydrogen) atoms. The molecule has 5 nitrogen and oxygen atoms in total. The third-order valence-electron chi connectivity index (χ3n) is 3.01. The molecule has 1 rings (SSSR count). The number of hydrogen-bond acceptors (Lipinski definition) is 4. The van der Waals surface area contributed by atoms with E-state index in [0.717, 1.165) is 12.8 Å². The van der Waals surface area contributed by atoms with Crippen molar-refractivity contribution in [3.8, 4) is 0 Å². The van der Waals surface area contributed by atoms with Gasteiger partial charge in [0.05, 0.1) is 5.69 Å². The predicted molar refractivity (Wildman–Crippen MR) is 78.7 cm³/mol. The second kappa shape index (κ2) is 6.88. The van der Waals surface area contributed by atoms with Gasteiger partial charge in [-0.1, -0.05) is 19.1 Å². The van der Waals surface area contributed by atoms with Gasteiger partial charge in [-0.2, -0.15) is 0 Å². The number of sulfonamides is 1. The molecule has 108 valence electrons. The highest BCUT2D eigenvalue weighted by atomic mass is 32.2. The zero-order chi connectivity index (χ0) is 14.5. The highest BCUT2D eigenvalue weighted by Gasteiger charge is 2.21. The van der Waals surface area contributed by atoms with Crippen LogP contribution in [0, 0.1) is 0 Å². The largest absolute Gasteiger partial charge is 0.381 e. The Kier molecular flexibility index (Phi) is 5.78. The molecule has 0 bridgehead atoms. The van der Waals surface area contributed by atoms with Crippen molar-refractivity contribution < 1.29 is 8.42 Å². The summed E-state index contributed by atoms with van der Waals surface area (Å²) in [5.74, 6) is 0. The van der Waals surface area contributed by atoms with E-state index in [4.69, 9.17) is 5.73 Å². The summed E-state index contributed by atoms with van der Waals surface area (Å²) in [4.78, 5) is 0.301. The molecule has 1 unspecified atom stereocenters. The average Bonchev–Trinajstić information content (AvgIpc) is 2.38. The van der Waals surface area contributed by atoms with Gasteiger partial charge in [0.1, 0.15) is 4.90 Å². The lowest BCUT2D eigenvalue weighted by Gasteiger charge is -2.21. The van der Waals surface area contributed by atoms with Crippen molar-refractivity contribution in [2.75, 3.05) is 26.0 Å². The van der Waals surface area contributed by atoms with Gasteiger partial charge in [0.15, 0.2) is 0 Å². The first-order valence-corrected chi connectivity index (χ1v) is 7.85. The number of para-hydroxylation sites is 1. The number of anilines is 1. The van der Waals surface area contributed by atoms with Gasteiger partial charge in [0, 0.05) is 20.1 Å². The molecule has 3 N–H and O–H groups in total. The van der Waals surface area contributed by atoms with Crippen molar-refractivity contribution in [3.63, 3.8) is 0 Å². The first kappa shape index (κ1) is 15.9. The lowest BCUT2D eigenvalue weighted by molar-refractivity contribution is 0.520. The molecule has 0 fully saturated rings. The minimum absolute atomic E-state index is 0.184. The van der Waals surface area contributed by atoms with Crippen LogP contribution in [0.25, 0.3) is 0 Å². The number of nitrogens with two attached hydrogens (primary N) is 1. The van der Waals surface area contributed by atoms with Crippen molar-refractivity contribution >= 4 is 15.7 Å². The van der Waals surface area contributed by atoms with Crippen LogP contribution in [0.15, 0.2) is 29.2 Å². The molecule has 1 atom stereocenters. The van der Waals surface area contributed by atoms with E-state index >= 15 is 0 Å². The topological polar surface area (TPSA) is 75.4 Å². The van der Waals surface area contributed by atoms with Gasteiger partial charge in [0.2, 0.25) is 10.0 Å². The molecule has 6 heteroatoms. The van der Waals surface area contributed by atoms with E-state index in [1.165, 1.54) is 18.4 Å². The molecule has 0 saturated carbocycles. The van der Waals surface area contributed by atoms with Gasteiger partial charge < -0.3 is 11.1 Å². The number of nitrogens with one attached hydrogen (secondary N) is 1. The van der Waals surface area contributed by atoms with Crippen LogP contribution >= 0.6 is 0 Å². The summed E-state index contributed by atoms with van der Waals surface area (Å²) in [5, 5.41) is 3.27. The molecule has 0 spiro atoms. The molecule has 0 radical (unpaired) electrons. The van der Waals surface area contributed by atoms with E-state index < -0.39 is 10.0 Å². The van der Waals surface area contributed by atoms with Gasteiger partial charge in [-0.05, 0) is 31.5 Å². The van der Waals surface area contributed by atoms with Crippen LogP contribution < -0.4 is 11.1 Å². The normalized spacial score (nSPS) is 13.5. The summed E-state index contributed by atoms with van der Waals surface area (Å²) >= 11 is 0. The van der Waals surface area contributed by atoms with Crippen LogP contribution in [0.2, 0.25) is 0 Å². The summed E-state index contributed by atoms with van der Waals surface area (Å²) in [6, 6.07) is 7.14. The highest BCUT2D eigenvalue weighted by Crippen LogP contribution is 2.24. The minimum Gasteiger partial charge on any atom is -0.381 e. The molecule has 0 heterocycles. The first-order chi connectivity index (χ1) is 8.93. The van der Waals surface area contributed by atoms with Crippen molar-refractivity contribution in [1.82, 2.24) is 4.31 Å². The Morgan fingerprint density at radius 3 is 2.47 bits per heavy atom. The molecule has 0 saturated heterocycles. The van der Waals surface area contributed by atoms with Crippen molar-refractivity contribution in [1.29, 1.82) is 0 Å². The Morgan fingerprint density at radius 2 is 1.95 bits per heavy atom. The van der Waals surface area contributed by atoms with Crippen molar-refractivity contribution in [3.05, 3.63) is 24.3 Å². The van der Waals surface area contributed by atoms with Crippen LogP contribution in [-0.2, 0) is 10.0 Å². The zero-order valence-corrected chi connectivity index (χ0v) is 12.6. The number of hydrogen-bond donors (Lipinski definition) is 2. The third kappa shape index (κ3) is 3.92. The van der Waals surface area contributed by atoms with Crippen LogP contribution in [0.5, 0.6) is 0 Å². The Labute approximate surface area is 115 Å². The van der Waals surface area contributed by atoms with Gasteiger partial charge in [-0.3, -0.25) is 0 Å². The fraction of sp³-hybridized carbons (Fsp3) is 0.538. The smallest absolute Gasteiger partial charge is 0.244 e. The van der Waals surface area contributed by atoms with E-state index in [0.29, 0.717) is 17.1 Å². The Bertz CT molecular complexity index is 500. The fourth-order valence-corrected chi connectivity index (χ4v) is 2.86. The van der Waals surface area contributed by atoms with Gasteiger partial charge in [0.25, 0.3) is 0 Å². The maximum Gasteiger partial charge on any atom is 0.244 e. The van der Waals surface area contributed by atoms with Crippen molar-refractivity contribution in [2.45, 2.75) is 30.7 Å². The predicted octanol–water partition coefficient (Wildman–Crippen LogP) is 1.48. The molecule has 1 aromatic rings. The average molecular weight is 285 g/mol. The molecular formula is C13H23N3O2S. The molecule has 0 amide bonds. The maximum absolute atomic E-state index is 12.2. The molecule has 0 aliphatic carbocycles. The lowest BCUT2D eigenvalue weighted by atomic mass is 10.1. The Hall–Kier alpha value is -1.11. The second-order valence-corrected chi connectivity index (χ2v) is 6.73. The van der Waals surface area contributed by atoms with Crippen LogP contribution in [-0.4, -0.2) is 39.4 Å². The Balaban J connectivity index is 3.09. The van der Waals surface area contributed by atoms with E-state index in [1.807, 2.05) is 6.07 Å². The zero-order valence-electron chi connectivity index (χ0n) is 11.8. The molecule has 1 aromatic carbocycles.